The fourth-order valence-electron chi connectivity index (χ4n) is 0.345. The molecule has 0 N–H and O–H groups in total. The highest BCUT2D eigenvalue weighted by Crippen LogP contribution is 1.94. The Bertz CT molecular complexity index is 177. The second-order valence-electron chi connectivity index (χ2n) is 1.56. The SMILES string of the molecule is CN=C(C)C(C#N)C#N. The van der Waals surface area contributed by atoms with E-state index < -0.39 is 5.92 Å². The predicted octanol–water partition coefficient (Wildman–Crippen LogP) is 0.740. The largest absolute Gasteiger partial charge is 0.295 e. The second kappa shape index (κ2) is 3.63. The highest BCUT2D eigenvalue weighted by Gasteiger charge is 2.06. The fourth-order valence-corrected chi connectivity index (χ4v) is 0.345. The van der Waals surface area contributed by atoms with Crippen LogP contribution >= 0.6 is 0 Å². The van der Waals surface area contributed by atoms with Crippen LogP contribution in [0.25, 0.3) is 0 Å². The van der Waals surface area contributed by atoms with Gasteiger partial charge in [-0.15, -0.1) is 0 Å². The number of rotatable bonds is 1. The van der Waals surface area contributed by atoms with E-state index in [4.69, 9.17) is 10.5 Å². The minimum Gasteiger partial charge on any atom is -0.295 e. The summed E-state index contributed by atoms with van der Waals surface area (Å²) in [4.78, 5) is 3.70. The van der Waals surface area contributed by atoms with Crippen molar-refractivity contribution < 1.29 is 0 Å². The molecule has 0 fully saturated rings. The minimum atomic E-state index is -0.671. The fraction of sp³-hybridized carbons (Fsp3) is 0.500. The predicted molar refractivity (Wildman–Crippen MR) is 33.7 cm³/mol. The lowest BCUT2D eigenvalue weighted by Crippen LogP contribution is -2.04. The van der Waals surface area contributed by atoms with Crippen molar-refractivity contribution in [2.75, 3.05) is 7.05 Å². The third-order valence-corrected chi connectivity index (χ3v) is 1.03. The summed E-state index contributed by atoms with van der Waals surface area (Å²) in [6.07, 6.45) is 0. The minimum absolute atomic E-state index is 0.569. The van der Waals surface area contributed by atoms with E-state index >= 15 is 0 Å². The quantitative estimate of drug-likeness (QED) is 0.480. The number of nitrogens with zero attached hydrogens (tertiary/aromatic N) is 3. The molecule has 0 aromatic heterocycles. The van der Waals surface area contributed by atoms with Crippen LogP contribution in [0.3, 0.4) is 0 Å². The second-order valence-corrected chi connectivity index (χ2v) is 1.56. The molecule has 0 rings (SSSR count). The van der Waals surface area contributed by atoms with Gasteiger partial charge in [0.2, 0.25) is 0 Å². The van der Waals surface area contributed by atoms with Crippen molar-refractivity contribution in [2.45, 2.75) is 6.92 Å². The maximum absolute atomic E-state index is 8.27. The van der Waals surface area contributed by atoms with Gasteiger partial charge in [0.25, 0.3) is 0 Å². The molecule has 0 aromatic rings. The number of nitriles is 2. The molecule has 3 heteroatoms. The zero-order valence-electron chi connectivity index (χ0n) is 5.42. The Morgan fingerprint density at radius 1 is 1.44 bits per heavy atom. The standard InChI is InChI=1S/C6H7N3/c1-5(9-2)6(3-7)4-8/h6H,1-2H3. The van der Waals surface area contributed by atoms with E-state index in [1.54, 1.807) is 14.0 Å². The van der Waals surface area contributed by atoms with Crippen LogP contribution < -0.4 is 0 Å². The van der Waals surface area contributed by atoms with Crippen molar-refractivity contribution in [3.05, 3.63) is 0 Å². The monoisotopic (exact) mass is 121 g/mol. The first kappa shape index (κ1) is 7.65. The van der Waals surface area contributed by atoms with Crippen LogP contribution in [-0.2, 0) is 0 Å². The lowest BCUT2D eigenvalue weighted by molar-refractivity contribution is 1.12. The summed E-state index contributed by atoms with van der Waals surface area (Å²) in [5.41, 5.74) is 0.569. The molecule has 9 heavy (non-hydrogen) atoms. The van der Waals surface area contributed by atoms with E-state index in [1.165, 1.54) is 0 Å². The zero-order valence-corrected chi connectivity index (χ0v) is 5.42. The van der Waals surface area contributed by atoms with Crippen LogP contribution in [0.4, 0.5) is 0 Å². The number of hydrogen-bond donors (Lipinski definition) is 0. The Morgan fingerprint density at radius 2 is 1.89 bits per heavy atom. The van der Waals surface area contributed by atoms with Gasteiger partial charge in [0.1, 0.15) is 0 Å². The summed E-state index contributed by atoms with van der Waals surface area (Å²) >= 11 is 0. The third-order valence-electron chi connectivity index (χ3n) is 1.03. The molecule has 46 valence electrons. The van der Waals surface area contributed by atoms with E-state index in [1.807, 2.05) is 12.1 Å². The van der Waals surface area contributed by atoms with Crippen LogP contribution in [0, 0.1) is 28.6 Å². The van der Waals surface area contributed by atoms with E-state index in [-0.39, 0.29) is 0 Å². The van der Waals surface area contributed by atoms with Crippen molar-refractivity contribution in [1.29, 1.82) is 10.5 Å². The van der Waals surface area contributed by atoms with Crippen LogP contribution in [0.2, 0.25) is 0 Å². The lowest BCUT2D eigenvalue weighted by Gasteiger charge is -1.93. The molecule has 0 aliphatic heterocycles. The van der Waals surface area contributed by atoms with Crippen molar-refractivity contribution in [1.82, 2.24) is 0 Å². The van der Waals surface area contributed by atoms with E-state index in [9.17, 15) is 0 Å². The molecule has 0 aliphatic carbocycles. The van der Waals surface area contributed by atoms with Gasteiger partial charge in [-0.05, 0) is 6.92 Å². The Morgan fingerprint density at radius 3 is 2.00 bits per heavy atom. The molecule has 0 amide bonds. The van der Waals surface area contributed by atoms with Crippen molar-refractivity contribution in [3.8, 4) is 12.1 Å². The first-order chi connectivity index (χ1) is 4.26. The number of hydrogen-bond acceptors (Lipinski definition) is 3. The number of aliphatic imine (C=N–C) groups is 1. The Balaban J connectivity index is 4.22. The maximum Gasteiger partial charge on any atom is 0.170 e. The highest BCUT2D eigenvalue weighted by atomic mass is 14.7. The van der Waals surface area contributed by atoms with E-state index in [2.05, 4.69) is 4.99 Å². The van der Waals surface area contributed by atoms with Crippen LogP contribution in [0.15, 0.2) is 4.99 Å². The topological polar surface area (TPSA) is 59.9 Å². The van der Waals surface area contributed by atoms with Gasteiger partial charge in [0.15, 0.2) is 5.92 Å². The Hall–Kier alpha value is -1.35. The van der Waals surface area contributed by atoms with Gasteiger partial charge < -0.3 is 0 Å². The molecule has 0 aromatic carbocycles. The van der Waals surface area contributed by atoms with Gasteiger partial charge in [-0.1, -0.05) is 0 Å². The molecule has 0 spiro atoms. The summed E-state index contributed by atoms with van der Waals surface area (Å²) in [7, 11) is 1.57. The zero-order chi connectivity index (χ0) is 7.28. The van der Waals surface area contributed by atoms with Crippen molar-refractivity contribution >= 4 is 5.71 Å². The first-order valence-electron chi connectivity index (χ1n) is 2.48. The van der Waals surface area contributed by atoms with Crippen LogP contribution in [-0.4, -0.2) is 12.8 Å². The molecular weight excluding hydrogens is 114 g/mol. The molecule has 0 atom stereocenters. The van der Waals surface area contributed by atoms with Gasteiger partial charge in [-0.2, -0.15) is 10.5 Å². The van der Waals surface area contributed by atoms with Crippen molar-refractivity contribution in [3.63, 3.8) is 0 Å². The Kier molecular flexibility index (Phi) is 3.08. The molecule has 0 heterocycles. The molecule has 0 bridgehead atoms. The third kappa shape index (κ3) is 1.92. The molecule has 3 nitrogen and oxygen atoms in total. The first-order valence-corrected chi connectivity index (χ1v) is 2.48. The summed E-state index contributed by atoms with van der Waals surface area (Å²) < 4.78 is 0. The van der Waals surface area contributed by atoms with Crippen molar-refractivity contribution in [2.24, 2.45) is 10.9 Å². The molecule has 0 saturated heterocycles. The summed E-state index contributed by atoms with van der Waals surface area (Å²) in [6.45, 7) is 1.66. The summed E-state index contributed by atoms with van der Waals surface area (Å²) in [5.74, 6) is -0.671. The van der Waals surface area contributed by atoms with Crippen LogP contribution in [0.1, 0.15) is 6.92 Å². The molecule has 0 radical (unpaired) electrons. The highest BCUT2D eigenvalue weighted by molar-refractivity contribution is 5.88. The average Bonchev–Trinajstić information content (AvgIpc) is 1.90. The maximum atomic E-state index is 8.27. The van der Waals surface area contributed by atoms with Gasteiger partial charge in [0.05, 0.1) is 12.1 Å². The molecular formula is C6H7N3. The molecule has 0 unspecified atom stereocenters. The molecule has 0 aliphatic rings. The summed E-state index contributed by atoms with van der Waals surface area (Å²) in [5, 5.41) is 16.5. The summed E-state index contributed by atoms with van der Waals surface area (Å²) in [6, 6.07) is 3.62. The van der Waals surface area contributed by atoms with Gasteiger partial charge in [-0.25, -0.2) is 0 Å². The van der Waals surface area contributed by atoms with E-state index in [0.29, 0.717) is 5.71 Å². The van der Waals surface area contributed by atoms with Gasteiger partial charge in [-0.3, -0.25) is 4.99 Å². The smallest absolute Gasteiger partial charge is 0.170 e. The Labute approximate surface area is 54.2 Å². The van der Waals surface area contributed by atoms with Gasteiger partial charge in [0, 0.05) is 12.8 Å². The lowest BCUT2D eigenvalue weighted by atomic mass is 10.1. The van der Waals surface area contributed by atoms with E-state index in [0.717, 1.165) is 0 Å². The molecule has 0 saturated carbocycles. The van der Waals surface area contributed by atoms with Gasteiger partial charge >= 0.3 is 0 Å². The average molecular weight is 121 g/mol. The normalized spacial score (nSPS) is 10.6. The van der Waals surface area contributed by atoms with Crippen LogP contribution in [0.5, 0.6) is 0 Å².